The van der Waals surface area contributed by atoms with Gasteiger partial charge in [-0.15, -0.1) is 0 Å². The molecular weight excluding hydrogens is 242 g/mol. The zero-order valence-corrected chi connectivity index (χ0v) is 12.9. The molecule has 0 atom stereocenters. The van der Waals surface area contributed by atoms with Crippen LogP contribution in [0.2, 0.25) is 0 Å². The molecule has 0 aliphatic heterocycles. The molecule has 1 nitrogen and oxygen atoms in total. The number of nitrogens with one attached hydrogen (secondary N) is 1. The molecule has 0 spiro atoms. The van der Waals surface area contributed by atoms with Gasteiger partial charge in [0.05, 0.1) is 0 Å². The number of benzene rings is 1. The highest BCUT2D eigenvalue weighted by atomic mass is 14.8. The number of hydrogen-bond donors (Lipinski definition) is 1. The molecule has 20 heavy (non-hydrogen) atoms. The molecule has 1 heteroatoms. The fraction of sp³-hybridized carbons (Fsp3) is 0.474. The maximum atomic E-state index is 3.24. The first-order chi connectivity index (χ1) is 9.81. The highest BCUT2D eigenvalue weighted by Gasteiger charge is 2.05. The van der Waals surface area contributed by atoms with Gasteiger partial charge in [0.1, 0.15) is 0 Å². The van der Waals surface area contributed by atoms with E-state index in [1.54, 1.807) is 5.57 Å². The average Bonchev–Trinajstić information content (AvgIpc) is 2.50. The molecule has 0 saturated carbocycles. The van der Waals surface area contributed by atoms with Crippen molar-refractivity contribution in [2.24, 2.45) is 0 Å². The molecule has 0 unspecified atom stereocenters. The van der Waals surface area contributed by atoms with Crippen LogP contribution in [0.3, 0.4) is 0 Å². The van der Waals surface area contributed by atoms with E-state index in [1.165, 1.54) is 61.8 Å². The Kier molecular flexibility index (Phi) is 5.91. The van der Waals surface area contributed by atoms with Crippen molar-refractivity contribution in [3.63, 3.8) is 0 Å². The zero-order chi connectivity index (χ0) is 14.2. The molecule has 0 amide bonds. The topological polar surface area (TPSA) is 12.0 Å². The van der Waals surface area contributed by atoms with Crippen LogP contribution >= 0.6 is 0 Å². The lowest BCUT2D eigenvalue weighted by atomic mass is 9.96. The molecule has 0 fully saturated rings. The average molecular weight is 269 g/mol. The predicted molar refractivity (Wildman–Crippen MR) is 87.8 cm³/mol. The SMILES string of the molecule is CCCc1ccc(CCCC2=CC=C(NC)CC2)cc1. The van der Waals surface area contributed by atoms with Crippen LogP contribution in [0.15, 0.2) is 47.7 Å². The van der Waals surface area contributed by atoms with Gasteiger partial charge in [-0.1, -0.05) is 49.3 Å². The molecule has 0 aromatic heterocycles. The minimum Gasteiger partial charge on any atom is -0.391 e. The van der Waals surface area contributed by atoms with Gasteiger partial charge in [0.25, 0.3) is 0 Å². The third kappa shape index (κ3) is 4.56. The second-order valence-corrected chi connectivity index (χ2v) is 5.69. The Hall–Kier alpha value is -1.50. The minimum absolute atomic E-state index is 1.17. The Morgan fingerprint density at radius 1 is 0.900 bits per heavy atom. The fourth-order valence-corrected chi connectivity index (χ4v) is 2.78. The van der Waals surface area contributed by atoms with Gasteiger partial charge >= 0.3 is 0 Å². The molecule has 1 N–H and O–H groups in total. The van der Waals surface area contributed by atoms with E-state index >= 15 is 0 Å². The van der Waals surface area contributed by atoms with Gasteiger partial charge < -0.3 is 5.32 Å². The number of rotatable bonds is 7. The third-order valence-corrected chi connectivity index (χ3v) is 4.08. The summed E-state index contributed by atoms with van der Waals surface area (Å²) in [5, 5.41) is 3.24. The quantitative estimate of drug-likeness (QED) is 0.750. The van der Waals surface area contributed by atoms with Crippen molar-refractivity contribution in [2.45, 2.75) is 51.9 Å². The Morgan fingerprint density at radius 2 is 1.60 bits per heavy atom. The van der Waals surface area contributed by atoms with Crippen LogP contribution in [0.1, 0.15) is 50.2 Å². The van der Waals surface area contributed by atoms with Gasteiger partial charge in [-0.05, 0) is 55.7 Å². The molecular formula is C19H27N. The first-order valence-corrected chi connectivity index (χ1v) is 7.96. The van der Waals surface area contributed by atoms with E-state index in [4.69, 9.17) is 0 Å². The van der Waals surface area contributed by atoms with Crippen molar-refractivity contribution in [1.82, 2.24) is 5.32 Å². The van der Waals surface area contributed by atoms with Crippen LogP contribution < -0.4 is 5.32 Å². The van der Waals surface area contributed by atoms with Crippen LogP contribution in [0, 0.1) is 0 Å². The van der Waals surface area contributed by atoms with Crippen molar-refractivity contribution in [3.8, 4) is 0 Å². The monoisotopic (exact) mass is 269 g/mol. The summed E-state index contributed by atoms with van der Waals surface area (Å²) in [5.41, 5.74) is 5.91. The van der Waals surface area contributed by atoms with E-state index in [9.17, 15) is 0 Å². The van der Waals surface area contributed by atoms with Crippen LogP contribution in [0.25, 0.3) is 0 Å². The molecule has 108 valence electrons. The first-order valence-electron chi connectivity index (χ1n) is 7.96. The molecule has 1 aliphatic rings. The second-order valence-electron chi connectivity index (χ2n) is 5.69. The fourth-order valence-electron chi connectivity index (χ4n) is 2.78. The second kappa shape index (κ2) is 7.94. The molecule has 1 aromatic carbocycles. The highest BCUT2D eigenvalue weighted by molar-refractivity contribution is 5.24. The molecule has 1 aromatic rings. The molecule has 0 heterocycles. The van der Waals surface area contributed by atoms with Gasteiger partial charge in [0.2, 0.25) is 0 Å². The summed E-state index contributed by atoms with van der Waals surface area (Å²) in [6, 6.07) is 9.19. The number of allylic oxidation sites excluding steroid dienone is 4. The zero-order valence-electron chi connectivity index (χ0n) is 12.9. The van der Waals surface area contributed by atoms with Gasteiger partial charge in [0.15, 0.2) is 0 Å². The summed E-state index contributed by atoms with van der Waals surface area (Å²) >= 11 is 0. The predicted octanol–water partition coefficient (Wildman–Crippen LogP) is 4.79. The van der Waals surface area contributed by atoms with Crippen LogP contribution in [0.4, 0.5) is 0 Å². The van der Waals surface area contributed by atoms with E-state index in [0.717, 1.165) is 0 Å². The van der Waals surface area contributed by atoms with Gasteiger partial charge in [-0.2, -0.15) is 0 Å². The first kappa shape index (κ1) is 14.9. The third-order valence-electron chi connectivity index (χ3n) is 4.08. The lowest BCUT2D eigenvalue weighted by Crippen LogP contribution is -2.08. The van der Waals surface area contributed by atoms with E-state index in [-0.39, 0.29) is 0 Å². The van der Waals surface area contributed by atoms with Crippen molar-refractivity contribution >= 4 is 0 Å². The van der Waals surface area contributed by atoms with Crippen LogP contribution in [-0.2, 0) is 12.8 Å². The summed E-state index contributed by atoms with van der Waals surface area (Å²) in [6.45, 7) is 2.24. The van der Waals surface area contributed by atoms with E-state index in [0.29, 0.717) is 0 Å². The standard InChI is InChI=1S/C19H27N/c1-3-5-16-8-10-17(11-9-16)6-4-7-18-12-14-19(20-2)15-13-18/h8-12,14,20H,3-7,13,15H2,1-2H3. The van der Waals surface area contributed by atoms with Crippen LogP contribution in [0.5, 0.6) is 0 Å². The summed E-state index contributed by atoms with van der Waals surface area (Å²) < 4.78 is 0. The van der Waals surface area contributed by atoms with Crippen LogP contribution in [-0.4, -0.2) is 7.05 Å². The van der Waals surface area contributed by atoms with E-state index in [1.807, 2.05) is 7.05 Å². The Morgan fingerprint density at radius 3 is 2.15 bits per heavy atom. The summed E-state index contributed by atoms with van der Waals surface area (Å²) in [7, 11) is 2.01. The smallest absolute Gasteiger partial charge is 0.0107 e. The Labute approximate surface area is 123 Å². The van der Waals surface area contributed by atoms with Gasteiger partial charge in [-0.3, -0.25) is 0 Å². The van der Waals surface area contributed by atoms with E-state index in [2.05, 4.69) is 48.7 Å². The van der Waals surface area contributed by atoms with Gasteiger partial charge in [-0.25, -0.2) is 0 Å². The molecule has 1 aliphatic carbocycles. The normalized spacial score (nSPS) is 14.7. The maximum Gasteiger partial charge on any atom is 0.0107 e. The van der Waals surface area contributed by atoms with E-state index < -0.39 is 0 Å². The molecule has 2 rings (SSSR count). The minimum atomic E-state index is 1.17. The van der Waals surface area contributed by atoms with Gasteiger partial charge in [0, 0.05) is 12.7 Å². The number of aryl methyl sites for hydroxylation is 2. The lowest BCUT2D eigenvalue weighted by molar-refractivity contribution is 0.735. The highest BCUT2D eigenvalue weighted by Crippen LogP contribution is 2.21. The molecule has 0 bridgehead atoms. The molecule has 0 saturated heterocycles. The maximum absolute atomic E-state index is 3.24. The summed E-state index contributed by atoms with van der Waals surface area (Å²) in [4.78, 5) is 0. The largest absolute Gasteiger partial charge is 0.391 e. The van der Waals surface area contributed by atoms with Crippen molar-refractivity contribution in [1.29, 1.82) is 0 Å². The summed E-state index contributed by atoms with van der Waals surface area (Å²) in [6.07, 6.45) is 13.1. The summed E-state index contributed by atoms with van der Waals surface area (Å²) in [5.74, 6) is 0. The van der Waals surface area contributed by atoms with Crippen molar-refractivity contribution < 1.29 is 0 Å². The number of hydrogen-bond acceptors (Lipinski definition) is 1. The van der Waals surface area contributed by atoms with Crippen molar-refractivity contribution in [3.05, 3.63) is 58.8 Å². The molecule has 0 radical (unpaired) electrons. The Balaban J connectivity index is 1.76. The van der Waals surface area contributed by atoms with Crippen molar-refractivity contribution in [2.75, 3.05) is 7.05 Å². The Bertz CT molecular complexity index is 465. The lowest BCUT2D eigenvalue weighted by Gasteiger charge is -2.14.